The Kier molecular flexibility index (Phi) is 4.33. The number of amides is 1. The van der Waals surface area contributed by atoms with Gasteiger partial charge in [0.15, 0.2) is 11.6 Å². The van der Waals surface area contributed by atoms with Crippen molar-refractivity contribution in [3.63, 3.8) is 0 Å². The Morgan fingerprint density at radius 3 is 2.41 bits per heavy atom. The number of hydrogen-bond acceptors (Lipinski definition) is 5. The monoisotopic (exact) mass is 379 g/mol. The van der Waals surface area contributed by atoms with Crippen molar-refractivity contribution < 1.29 is 23.1 Å². The van der Waals surface area contributed by atoms with Gasteiger partial charge in [-0.3, -0.25) is 4.90 Å². The molecule has 3 aliphatic heterocycles. The van der Waals surface area contributed by atoms with Crippen LogP contribution in [0.3, 0.4) is 0 Å². The fourth-order valence-electron chi connectivity index (χ4n) is 4.48. The van der Waals surface area contributed by atoms with Crippen LogP contribution >= 0.6 is 0 Å². The van der Waals surface area contributed by atoms with Gasteiger partial charge in [0.2, 0.25) is 0 Å². The SMILES string of the molecule is CC(=O)CC[C@H]1CN(c2cc(F)c(N3CC4(CN(C)C4)C3)c(F)c2)C(=O)O1. The summed E-state index contributed by atoms with van der Waals surface area (Å²) in [5.74, 6) is -1.34. The quantitative estimate of drug-likeness (QED) is 0.787. The van der Waals surface area contributed by atoms with E-state index in [-0.39, 0.29) is 29.1 Å². The first-order chi connectivity index (χ1) is 12.8. The number of nitrogens with zero attached hydrogens (tertiary/aromatic N) is 3. The lowest BCUT2D eigenvalue weighted by Gasteiger charge is -2.60. The van der Waals surface area contributed by atoms with E-state index in [1.807, 2.05) is 7.05 Å². The Morgan fingerprint density at radius 2 is 1.85 bits per heavy atom. The number of carbonyl (C=O) groups excluding carboxylic acids is 2. The molecule has 1 spiro atoms. The minimum atomic E-state index is -0.674. The highest BCUT2D eigenvalue weighted by Gasteiger charge is 2.51. The van der Waals surface area contributed by atoms with Crippen LogP contribution in [0.5, 0.6) is 0 Å². The number of hydrogen-bond donors (Lipinski definition) is 0. The zero-order valence-corrected chi connectivity index (χ0v) is 15.5. The molecule has 0 aliphatic carbocycles. The highest BCUT2D eigenvalue weighted by Crippen LogP contribution is 2.43. The number of anilines is 2. The summed E-state index contributed by atoms with van der Waals surface area (Å²) in [6, 6.07) is 2.37. The zero-order valence-electron chi connectivity index (χ0n) is 15.5. The molecule has 0 bridgehead atoms. The molecule has 0 saturated carbocycles. The molecule has 3 fully saturated rings. The van der Waals surface area contributed by atoms with E-state index in [0.717, 1.165) is 13.1 Å². The molecule has 1 amide bonds. The van der Waals surface area contributed by atoms with E-state index in [0.29, 0.717) is 25.9 Å². The first-order valence-corrected chi connectivity index (χ1v) is 9.16. The van der Waals surface area contributed by atoms with Crippen LogP contribution in [0.15, 0.2) is 12.1 Å². The number of cyclic esters (lactones) is 1. The van der Waals surface area contributed by atoms with Crippen LogP contribution in [0, 0.1) is 17.0 Å². The van der Waals surface area contributed by atoms with E-state index in [4.69, 9.17) is 4.74 Å². The van der Waals surface area contributed by atoms with Crippen molar-refractivity contribution in [3.05, 3.63) is 23.8 Å². The number of halogens is 2. The summed E-state index contributed by atoms with van der Waals surface area (Å²) in [7, 11) is 2.03. The molecule has 3 aliphatic rings. The first-order valence-electron chi connectivity index (χ1n) is 9.16. The average molecular weight is 379 g/mol. The molecular formula is C19H23F2N3O3. The summed E-state index contributed by atoms with van der Waals surface area (Å²) in [6.07, 6.45) is -0.377. The molecule has 1 aromatic rings. The number of Topliss-reactive ketones (excluding diaryl/α,β-unsaturated/α-hetero) is 1. The fourth-order valence-corrected chi connectivity index (χ4v) is 4.48. The summed E-state index contributed by atoms with van der Waals surface area (Å²) < 4.78 is 34.5. The molecule has 146 valence electrons. The summed E-state index contributed by atoms with van der Waals surface area (Å²) in [6.45, 7) is 4.84. The molecule has 3 saturated heterocycles. The molecular weight excluding hydrogens is 356 g/mol. The van der Waals surface area contributed by atoms with E-state index in [9.17, 15) is 18.4 Å². The summed E-state index contributed by atoms with van der Waals surface area (Å²) in [4.78, 5) is 28.3. The smallest absolute Gasteiger partial charge is 0.414 e. The topological polar surface area (TPSA) is 53.1 Å². The van der Waals surface area contributed by atoms with Gasteiger partial charge in [0, 0.05) is 50.1 Å². The first kappa shape index (κ1) is 18.2. The predicted octanol–water partition coefficient (Wildman–Crippen LogP) is 2.41. The van der Waals surface area contributed by atoms with Crippen LogP contribution in [0.25, 0.3) is 0 Å². The van der Waals surface area contributed by atoms with E-state index in [1.165, 1.54) is 24.0 Å². The van der Waals surface area contributed by atoms with Gasteiger partial charge in [-0.1, -0.05) is 0 Å². The van der Waals surface area contributed by atoms with Gasteiger partial charge in [0.05, 0.1) is 12.2 Å². The van der Waals surface area contributed by atoms with Crippen molar-refractivity contribution in [2.75, 3.05) is 49.6 Å². The third kappa shape index (κ3) is 3.26. The van der Waals surface area contributed by atoms with Gasteiger partial charge in [-0.15, -0.1) is 0 Å². The van der Waals surface area contributed by atoms with Crippen LogP contribution in [-0.4, -0.2) is 62.7 Å². The van der Waals surface area contributed by atoms with Gasteiger partial charge in [-0.05, 0) is 20.4 Å². The molecule has 0 N–H and O–H groups in total. The maximum absolute atomic E-state index is 14.6. The van der Waals surface area contributed by atoms with Gasteiger partial charge >= 0.3 is 6.09 Å². The van der Waals surface area contributed by atoms with Crippen LogP contribution < -0.4 is 9.80 Å². The number of carbonyl (C=O) groups is 2. The second kappa shape index (κ2) is 6.44. The third-order valence-corrected chi connectivity index (χ3v) is 5.59. The number of ether oxygens (including phenoxy) is 1. The van der Waals surface area contributed by atoms with Crippen LogP contribution in [-0.2, 0) is 9.53 Å². The molecule has 6 nitrogen and oxygen atoms in total. The van der Waals surface area contributed by atoms with E-state index >= 15 is 0 Å². The molecule has 0 radical (unpaired) electrons. The molecule has 3 heterocycles. The minimum absolute atomic E-state index is 0.0101. The van der Waals surface area contributed by atoms with E-state index in [1.54, 1.807) is 4.90 Å². The summed E-state index contributed by atoms with van der Waals surface area (Å²) >= 11 is 0. The molecule has 0 aromatic heterocycles. The Hall–Kier alpha value is -2.22. The molecule has 1 aromatic carbocycles. The Balaban J connectivity index is 1.46. The van der Waals surface area contributed by atoms with Crippen molar-refractivity contribution in [2.45, 2.75) is 25.9 Å². The lowest BCUT2D eigenvalue weighted by atomic mass is 9.73. The van der Waals surface area contributed by atoms with Crippen molar-refractivity contribution in [2.24, 2.45) is 5.41 Å². The maximum atomic E-state index is 14.6. The van der Waals surface area contributed by atoms with Crippen molar-refractivity contribution in [3.8, 4) is 0 Å². The Bertz CT molecular complexity index is 763. The summed E-state index contributed by atoms with van der Waals surface area (Å²) in [5, 5.41) is 0. The predicted molar refractivity (Wildman–Crippen MR) is 96.0 cm³/mol. The molecule has 8 heteroatoms. The number of likely N-dealkylation sites (tertiary alicyclic amines) is 1. The second-order valence-electron chi connectivity index (χ2n) is 8.14. The highest BCUT2D eigenvalue weighted by molar-refractivity contribution is 5.90. The Morgan fingerprint density at radius 1 is 1.22 bits per heavy atom. The zero-order chi connectivity index (χ0) is 19.3. The lowest BCUT2D eigenvalue weighted by Crippen LogP contribution is -2.71. The molecule has 27 heavy (non-hydrogen) atoms. The van der Waals surface area contributed by atoms with Crippen molar-refractivity contribution >= 4 is 23.3 Å². The standard InChI is InChI=1S/C19H23F2N3O3/c1-12(25)3-4-14-7-24(18(26)27-14)13-5-15(20)17(16(21)6-13)23-10-19(11-23)8-22(2)9-19/h5-6,14H,3-4,7-11H2,1-2H3/t14-/m0/s1. The third-order valence-electron chi connectivity index (χ3n) is 5.59. The molecule has 1 atom stereocenters. The molecule has 4 rings (SSSR count). The summed E-state index contributed by atoms with van der Waals surface area (Å²) in [5.41, 5.74) is 0.275. The minimum Gasteiger partial charge on any atom is -0.444 e. The molecule has 0 unspecified atom stereocenters. The van der Waals surface area contributed by atoms with Gasteiger partial charge in [0.25, 0.3) is 0 Å². The van der Waals surface area contributed by atoms with Crippen LogP contribution in [0.2, 0.25) is 0 Å². The van der Waals surface area contributed by atoms with Crippen molar-refractivity contribution in [1.29, 1.82) is 0 Å². The number of benzene rings is 1. The van der Waals surface area contributed by atoms with E-state index < -0.39 is 23.8 Å². The normalized spacial score (nSPS) is 24.0. The van der Waals surface area contributed by atoms with Gasteiger partial charge in [-0.25, -0.2) is 13.6 Å². The van der Waals surface area contributed by atoms with Crippen molar-refractivity contribution in [1.82, 2.24) is 4.90 Å². The lowest BCUT2D eigenvalue weighted by molar-refractivity contribution is -0.117. The highest BCUT2D eigenvalue weighted by atomic mass is 19.1. The van der Waals surface area contributed by atoms with Crippen LogP contribution in [0.4, 0.5) is 25.0 Å². The van der Waals surface area contributed by atoms with Gasteiger partial charge in [-0.2, -0.15) is 0 Å². The second-order valence-corrected chi connectivity index (χ2v) is 8.14. The largest absolute Gasteiger partial charge is 0.444 e. The van der Waals surface area contributed by atoms with Gasteiger partial charge < -0.3 is 19.3 Å². The van der Waals surface area contributed by atoms with Gasteiger partial charge in [0.1, 0.15) is 17.6 Å². The number of ketones is 1. The maximum Gasteiger partial charge on any atom is 0.414 e. The number of rotatable bonds is 5. The van der Waals surface area contributed by atoms with E-state index in [2.05, 4.69) is 4.90 Å². The average Bonchev–Trinajstić information content (AvgIpc) is 2.89. The van der Waals surface area contributed by atoms with Crippen LogP contribution in [0.1, 0.15) is 19.8 Å². The fraction of sp³-hybridized carbons (Fsp3) is 0.579. The Labute approximate surface area is 156 Å².